The van der Waals surface area contributed by atoms with Crippen LogP contribution in [0.3, 0.4) is 0 Å². The van der Waals surface area contributed by atoms with Crippen molar-refractivity contribution in [3.05, 3.63) is 39.8 Å². The maximum atomic E-state index is 11.5. The third-order valence-corrected chi connectivity index (χ3v) is 3.89. The molecule has 0 atom stereocenters. The van der Waals surface area contributed by atoms with E-state index in [1.807, 2.05) is 18.4 Å². The number of nitrogens with two attached hydrogens (primary N) is 1. The second kappa shape index (κ2) is 6.38. The number of nitrogens with one attached hydrogen (secondary N) is 2. The van der Waals surface area contributed by atoms with Crippen LogP contribution in [0.25, 0.3) is 0 Å². The van der Waals surface area contributed by atoms with Crippen molar-refractivity contribution in [1.82, 2.24) is 10.3 Å². The summed E-state index contributed by atoms with van der Waals surface area (Å²) in [4.78, 5) is 15.9. The fourth-order valence-corrected chi connectivity index (χ4v) is 2.61. The Morgan fingerprint density at radius 2 is 2.25 bits per heavy atom. The number of thiazole rings is 1. The standard InChI is InChI=1S/C14H18N4OS/c1-9-8-20-13(18-9)5-6-17-12-4-3-10(7-11(12)15)14(19)16-2/h3-4,7-8,17H,5-6,15H2,1-2H3,(H,16,19). The lowest BCUT2D eigenvalue weighted by Gasteiger charge is -2.10. The van der Waals surface area contributed by atoms with Gasteiger partial charge in [0.2, 0.25) is 0 Å². The summed E-state index contributed by atoms with van der Waals surface area (Å²) in [5.41, 5.74) is 8.97. The number of carbonyl (C=O) groups excluding carboxylic acids is 1. The molecule has 20 heavy (non-hydrogen) atoms. The van der Waals surface area contributed by atoms with E-state index in [9.17, 15) is 4.79 Å². The van der Waals surface area contributed by atoms with Crippen molar-refractivity contribution < 1.29 is 4.79 Å². The highest BCUT2D eigenvalue weighted by molar-refractivity contribution is 7.09. The Morgan fingerprint density at radius 3 is 2.85 bits per heavy atom. The Bertz CT molecular complexity index is 609. The Kier molecular flexibility index (Phi) is 4.57. The maximum absolute atomic E-state index is 11.5. The van der Waals surface area contributed by atoms with E-state index >= 15 is 0 Å². The number of aromatic nitrogens is 1. The minimum atomic E-state index is -0.137. The van der Waals surface area contributed by atoms with Crippen molar-refractivity contribution in [2.75, 3.05) is 24.6 Å². The minimum Gasteiger partial charge on any atom is -0.397 e. The van der Waals surface area contributed by atoms with Crippen molar-refractivity contribution in [3.8, 4) is 0 Å². The van der Waals surface area contributed by atoms with Gasteiger partial charge in [0.1, 0.15) is 0 Å². The first-order chi connectivity index (χ1) is 9.60. The number of aryl methyl sites for hydroxylation is 1. The first kappa shape index (κ1) is 14.3. The molecule has 1 heterocycles. The summed E-state index contributed by atoms with van der Waals surface area (Å²) in [5.74, 6) is -0.137. The maximum Gasteiger partial charge on any atom is 0.251 e. The normalized spacial score (nSPS) is 10.3. The Morgan fingerprint density at radius 1 is 1.45 bits per heavy atom. The molecular formula is C14H18N4OS. The van der Waals surface area contributed by atoms with Gasteiger partial charge in [0, 0.05) is 36.7 Å². The van der Waals surface area contributed by atoms with E-state index < -0.39 is 0 Å². The minimum absolute atomic E-state index is 0.137. The molecule has 5 nitrogen and oxygen atoms in total. The number of nitrogens with zero attached hydrogens (tertiary/aromatic N) is 1. The molecule has 0 saturated heterocycles. The molecule has 0 saturated carbocycles. The van der Waals surface area contributed by atoms with Crippen molar-refractivity contribution in [1.29, 1.82) is 0 Å². The second-order valence-corrected chi connectivity index (χ2v) is 5.38. The van der Waals surface area contributed by atoms with Crippen LogP contribution < -0.4 is 16.4 Å². The van der Waals surface area contributed by atoms with Crippen LogP contribution in [-0.4, -0.2) is 24.5 Å². The monoisotopic (exact) mass is 290 g/mol. The van der Waals surface area contributed by atoms with E-state index in [1.54, 1.807) is 30.5 Å². The van der Waals surface area contributed by atoms with Gasteiger partial charge < -0.3 is 16.4 Å². The van der Waals surface area contributed by atoms with E-state index in [0.717, 1.165) is 29.4 Å². The molecule has 1 aromatic heterocycles. The highest BCUT2D eigenvalue weighted by atomic mass is 32.1. The number of hydrogen-bond acceptors (Lipinski definition) is 5. The van der Waals surface area contributed by atoms with Crippen LogP contribution in [-0.2, 0) is 6.42 Å². The summed E-state index contributed by atoms with van der Waals surface area (Å²) < 4.78 is 0. The van der Waals surface area contributed by atoms with Gasteiger partial charge in [-0.1, -0.05) is 0 Å². The van der Waals surface area contributed by atoms with E-state index in [0.29, 0.717) is 11.3 Å². The summed E-state index contributed by atoms with van der Waals surface area (Å²) in [7, 11) is 1.60. The first-order valence-corrected chi connectivity index (χ1v) is 7.24. The highest BCUT2D eigenvalue weighted by Gasteiger charge is 2.06. The van der Waals surface area contributed by atoms with Gasteiger partial charge in [-0.2, -0.15) is 0 Å². The van der Waals surface area contributed by atoms with E-state index in [-0.39, 0.29) is 5.91 Å². The molecule has 0 aliphatic carbocycles. The van der Waals surface area contributed by atoms with Crippen LogP contribution in [0.1, 0.15) is 21.1 Å². The van der Waals surface area contributed by atoms with Gasteiger partial charge in [-0.25, -0.2) is 4.98 Å². The van der Waals surface area contributed by atoms with E-state index in [4.69, 9.17) is 5.73 Å². The first-order valence-electron chi connectivity index (χ1n) is 6.36. The fraction of sp³-hybridized carbons (Fsp3) is 0.286. The van der Waals surface area contributed by atoms with Crippen molar-refractivity contribution >= 4 is 28.6 Å². The van der Waals surface area contributed by atoms with Gasteiger partial charge in [0.05, 0.1) is 16.4 Å². The molecule has 106 valence electrons. The van der Waals surface area contributed by atoms with Crippen LogP contribution in [0.2, 0.25) is 0 Å². The summed E-state index contributed by atoms with van der Waals surface area (Å²) in [6.45, 7) is 2.75. The molecule has 0 bridgehead atoms. The summed E-state index contributed by atoms with van der Waals surface area (Å²) in [6.07, 6.45) is 0.856. The number of anilines is 2. The molecule has 0 fully saturated rings. The van der Waals surface area contributed by atoms with E-state index in [2.05, 4.69) is 15.6 Å². The number of carbonyl (C=O) groups is 1. The van der Waals surface area contributed by atoms with Gasteiger partial charge in [-0.15, -0.1) is 11.3 Å². The summed E-state index contributed by atoms with van der Waals surface area (Å²) >= 11 is 1.66. The predicted molar refractivity (Wildman–Crippen MR) is 83.3 cm³/mol. The lowest BCUT2D eigenvalue weighted by Crippen LogP contribution is -2.18. The number of rotatable bonds is 5. The third kappa shape index (κ3) is 3.48. The molecule has 4 N–H and O–H groups in total. The van der Waals surface area contributed by atoms with Crippen LogP contribution in [0.5, 0.6) is 0 Å². The number of amides is 1. The smallest absolute Gasteiger partial charge is 0.251 e. The topological polar surface area (TPSA) is 80.0 Å². The lowest BCUT2D eigenvalue weighted by molar-refractivity contribution is 0.0963. The molecule has 1 amide bonds. The molecule has 0 aliphatic heterocycles. The molecule has 0 aliphatic rings. The van der Waals surface area contributed by atoms with Crippen LogP contribution in [0.15, 0.2) is 23.6 Å². The average Bonchev–Trinajstić information content (AvgIpc) is 2.85. The predicted octanol–water partition coefficient (Wildman–Crippen LogP) is 2.05. The van der Waals surface area contributed by atoms with Gasteiger partial charge in [0.15, 0.2) is 0 Å². The molecule has 0 unspecified atom stereocenters. The molecule has 1 aromatic carbocycles. The van der Waals surface area contributed by atoms with Gasteiger partial charge >= 0.3 is 0 Å². The Balaban J connectivity index is 1.94. The Hall–Kier alpha value is -2.08. The van der Waals surface area contributed by atoms with Crippen molar-refractivity contribution in [3.63, 3.8) is 0 Å². The molecular weight excluding hydrogens is 272 g/mol. The number of benzene rings is 1. The van der Waals surface area contributed by atoms with Crippen molar-refractivity contribution in [2.24, 2.45) is 0 Å². The zero-order valence-electron chi connectivity index (χ0n) is 11.6. The molecule has 2 rings (SSSR count). The van der Waals surface area contributed by atoms with Crippen molar-refractivity contribution in [2.45, 2.75) is 13.3 Å². The second-order valence-electron chi connectivity index (χ2n) is 4.44. The zero-order chi connectivity index (χ0) is 14.5. The zero-order valence-corrected chi connectivity index (χ0v) is 12.4. The molecule has 6 heteroatoms. The van der Waals surface area contributed by atoms with E-state index in [1.165, 1.54) is 0 Å². The number of nitrogen functional groups attached to an aromatic ring is 1. The van der Waals surface area contributed by atoms with Crippen LogP contribution in [0, 0.1) is 6.92 Å². The Labute approximate surface area is 122 Å². The van der Waals surface area contributed by atoms with Gasteiger partial charge in [-0.3, -0.25) is 4.79 Å². The molecule has 0 spiro atoms. The van der Waals surface area contributed by atoms with Crippen LogP contribution in [0.4, 0.5) is 11.4 Å². The summed E-state index contributed by atoms with van der Waals surface area (Å²) in [6, 6.07) is 5.26. The molecule has 2 aromatic rings. The summed E-state index contributed by atoms with van der Waals surface area (Å²) in [5, 5.41) is 8.99. The van der Waals surface area contributed by atoms with Gasteiger partial charge in [-0.05, 0) is 25.1 Å². The largest absolute Gasteiger partial charge is 0.397 e. The average molecular weight is 290 g/mol. The highest BCUT2D eigenvalue weighted by Crippen LogP contribution is 2.20. The SMILES string of the molecule is CNC(=O)c1ccc(NCCc2nc(C)cs2)c(N)c1. The quantitative estimate of drug-likeness (QED) is 0.736. The fourth-order valence-electron chi connectivity index (χ4n) is 1.83. The number of hydrogen-bond donors (Lipinski definition) is 3. The van der Waals surface area contributed by atoms with Gasteiger partial charge in [0.25, 0.3) is 5.91 Å². The third-order valence-electron chi connectivity index (χ3n) is 2.86. The lowest BCUT2D eigenvalue weighted by atomic mass is 10.1. The van der Waals surface area contributed by atoms with Crippen LogP contribution >= 0.6 is 11.3 Å². The molecule has 0 radical (unpaired) electrons.